The standard InChI is InChI=1S/C17H15BrCl2N2O3/c18-11-3-1-4-13(9-11)25-8-2-5-16(23)21-22-17(24)14-10-12(19)6-7-15(14)20/h1,3-4,6-7,9-10H,2,5,8H2,(H,21,23)(H,22,24). The van der Waals surface area contributed by atoms with Crippen LogP contribution >= 0.6 is 39.1 Å². The van der Waals surface area contributed by atoms with Gasteiger partial charge in [-0.05, 0) is 42.8 Å². The molecule has 0 aliphatic carbocycles. The van der Waals surface area contributed by atoms with Gasteiger partial charge in [0.05, 0.1) is 17.2 Å². The summed E-state index contributed by atoms with van der Waals surface area (Å²) >= 11 is 15.1. The third kappa shape index (κ3) is 6.57. The number of rotatable bonds is 6. The lowest BCUT2D eigenvalue weighted by Crippen LogP contribution is -2.41. The highest BCUT2D eigenvalue weighted by Crippen LogP contribution is 2.20. The maximum absolute atomic E-state index is 12.0. The van der Waals surface area contributed by atoms with Gasteiger partial charge in [-0.2, -0.15) is 0 Å². The summed E-state index contributed by atoms with van der Waals surface area (Å²) in [4.78, 5) is 23.7. The quantitative estimate of drug-likeness (QED) is 0.512. The number of ether oxygens (including phenoxy) is 1. The van der Waals surface area contributed by atoms with Crippen LogP contribution in [0, 0.1) is 0 Å². The fraction of sp³-hybridized carbons (Fsp3) is 0.176. The summed E-state index contributed by atoms with van der Waals surface area (Å²) in [6, 6.07) is 12.0. The van der Waals surface area contributed by atoms with Crippen LogP contribution in [0.3, 0.4) is 0 Å². The number of nitrogens with one attached hydrogen (secondary N) is 2. The lowest BCUT2D eigenvalue weighted by atomic mass is 10.2. The van der Waals surface area contributed by atoms with E-state index in [0.29, 0.717) is 18.1 Å². The normalized spacial score (nSPS) is 10.2. The van der Waals surface area contributed by atoms with E-state index in [1.807, 2.05) is 24.3 Å². The summed E-state index contributed by atoms with van der Waals surface area (Å²) in [7, 11) is 0. The van der Waals surface area contributed by atoms with E-state index < -0.39 is 5.91 Å². The van der Waals surface area contributed by atoms with E-state index in [0.717, 1.165) is 10.2 Å². The van der Waals surface area contributed by atoms with Crippen molar-refractivity contribution in [1.82, 2.24) is 10.9 Å². The summed E-state index contributed by atoms with van der Waals surface area (Å²) in [5.41, 5.74) is 4.82. The first-order chi connectivity index (χ1) is 12.0. The van der Waals surface area contributed by atoms with Crippen LogP contribution in [0.4, 0.5) is 0 Å². The number of halogens is 3. The molecule has 25 heavy (non-hydrogen) atoms. The fourth-order valence-electron chi connectivity index (χ4n) is 1.91. The Morgan fingerprint density at radius 1 is 1.08 bits per heavy atom. The van der Waals surface area contributed by atoms with Gasteiger partial charge in [0.15, 0.2) is 0 Å². The summed E-state index contributed by atoms with van der Waals surface area (Å²) in [6.45, 7) is 0.387. The van der Waals surface area contributed by atoms with Gasteiger partial charge in [-0.15, -0.1) is 0 Å². The van der Waals surface area contributed by atoms with E-state index in [4.69, 9.17) is 27.9 Å². The van der Waals surface area contributed by atoms with Gasteiger partial charge in [0.2, 0.25) is 5.91 Å². The number of amides is 2. The Kier molecular flexibility index (Phi) is 7.55. The minimum Gasteiger partial charge on any atom is -0.494 e. The van der Waals surface area contributed by atoms with Crippen molar-refractivity contribution in [2.45, 2.75) is 12.8 Å². The molecule has 5 nitrogen and oxygen atoms in total. The van der Waals surface area contributed by atoms with Crippen molar-refractivity contribution < 1.29 is 14.3 Å². The van der Waals surface area contributed by atoms with Crippen LogP contribution in [-0.2, 0) is 4.79 Å². The van der Waals surface area contributed by atoms with Crippen molar-refractivity contribution in [1.29, 1.82) is 0 Å². The second kappa shape index (κ2) is 9.65. The zero-order valence-corrected chi connectivity index (χ0v) is 16.1. The van der Waals surface area contributed by atoms with Gasteiger partial charge in [0, 0.05) is 15.9 Å². The van der Waals surface area contributed by atoms with Crippen molar-refractivity contribution in [3.05, 3.63) is 62.5 Å². The molecule has 0 heterocycles. The molecule has 0 spiro atoms. The Morgan fingerprint density at radius 3 is 2.64 bits per heavy atom. The molecule has 8 heteroatoms. The highest BCUT2D eigenvalue weighted by atomic mass is 79.9. The first kappa shape index (κ1) is 19.6. The summed E-state index contributed by atoms with van der Waals surface area (Å²) in [6.07, 6.45) is 0.712. The fourth-order valence-corrected chi connectivity index (χ4v) is 2.66. The molecule has 0 radical (unpaired) electrons. The molecular formula is C17H15BrCl2N2O3. The number of hydrogen-bond acceptors (Lipinski definition) is 3. The highest BCUT2D eigenvalue weighted by Gasteiger charge is 2.12. The van der Waals surface area contributed by atoms with E-state index in [9.17, 15) is 9.59 Å². The lowest BCUT2D eigenvalue weighted by Gasteiger charge is -2.09. The zero-order valence-electron chi connectivity index (χ0n) is 13.0. The second-order valence-electron chi connectivity index (χ2n) is 5.04. The predicted molar refractivity (Wildman–Crippen MR) is 101 cm³/mol. The third-order valence-electron chi connectivity index (χ3n) is 3.10. The number of hydrogen-bond donors (Lipinski definition) is 2. The first-order valence-electron chi connectivity index (χ1n) is 7.38. The van der Waals surface area contributed by atoms with Crippen molar-refractivity contribution in [3.8, 4) is 5.75 Å². The smallest absolute Gasteiger partial charge is 0.271 e. The van der Waals surface area contributed by atoms with E-state index in [1.54, 1.807) is 6.07 Å². The van der Waals surface area contributed by atoms with E-state index in [2.05, 4.69) is 26.8 Å². The number of benzene rings is 2. The Balaban J connectivity index is 1.70. The van der Waals surface area contributed by atoms with Gasteiger partial charge < -0.3 is 4.74 Å². The van der Waals surface area contributed by atoms with Crippen LogP contribution in [0.15, 0.2) is 46.9 Å². The highest BCUT2D eigenvalue weighted by molar-refractivity contribution is 9.10. The first-order valence-corrected chi connectivity index (χ1v) is 8.93. The Labute approximate surface area is 163 Å². The van der Waals surface area contributed by atoms with Crippen molar-refractivity contribution in [3.63, 3.8) is 0 Å². The van der Waals surface area contributed by atoms with E-state index in [-0.39, 0.29) is 22.9 Å². The van der Waals surface area contributed by atoms with Gasteiger partial charge in [0.1, 0.15) is 5.75 Å². The van der Waals surface area contributed by atoms with Gasteiger partial charge in [0.25, 0.3) is 5.91 Å². The molecule has 2 aromatic rings. The molecule has 0 aliphatic heterocycles. The molecule has 132 valence electrons. The average Bonchev–Trinajstić information content (AvgIpc) is 2.59. The number of carbonyl (C=O) groups is 2. The van der Waals surface area contributed by atoms with E-state index >= 15 is 0 Å². The molecule has 0 unspecified atom stereocenters. The van der Waals surface area contributed by atoms with Crippen LogP contribution in [0.5, 0.6) is 5.75 Å². The maximum atomic E-state index is 12.0. The van der Waals surface area contributed by atoms with Crippen LogP contribution in [0.2, 0.25) is 10.0 Å². The summed E-state index contributed by atoms with van der Waals surface area (Å²) in [5, 5.41) is 0.629. The Hall–Kier alpha value is -1.76. The van der Waals surface area contributed by atoms with Gasteiger partial charge in [-0.1, -0.05) is 45.2 Å². The third-order valence-corrected chi connectivity index (χ3v) is 4.16. The zero-order chi connectivity index (χ0) is 18.2. The maximum Gasteiger partial charge on any atom is 0.271 e. The molecule has 0 atom stereocenters. The largest absolute Gasteiger partial charge is 0.494 e. The molecule has 0 fully saturated rings. The predicted octanol–water partition coefficient (Wildman–Crippen LogP) is 4.38. The number of carbonyl (C=O) groups excluding carboxylic acids is 2. The SMILES string of the molecule is O=C(CCCOc1cccc(Br)c1)NNC(=O)c1cc(Cl)ccc1Cl. The minimum atomic E-state index is -0.536. The molecule has 2 rings (SSSR count). The van der Waals surface area contributed by atoms with Crippen LogP contribution in [0.25, 0.3) is 0 Å². The monoisotopic (exact) mass is 444 g/mol. The van der Waals surface area contributed by atoms with Crippen molar-refractivity contribution in [2.24, 2.45) is 0 Å². The minimum absolute atomic E-state index is 0.187. The molecule has 0 aliphatic rings. The van der Waals surface area contributed by atoms with E-state index in [1.165, 1.54) is 12.1 Å². The van der Waals surface area contributed by atoms with Crippen LogP contribution < -0.4 is 15.6 Å². The second-order valence-corrected chi connectivity index (χ2v) is 6.80. The van der Waals surface area contributed by atoms with Crippen LogP contribution in [0.1, 0.15) is 23.2 Å². The molecule has 0 aromatic heterocycles. The lowest BCUT2D eigenvalue weighted by molar-refractivity contribution is -0.122. The average molecular weight is 446 g/mol. The van der Waals surface area contributed by atoms with Crippen molar-refractivity contribution in [2.75, 3.05) is 6.61 Å². The molecule has 2 aromatic carbocycles. The molecule has 0 bridgehead atoms. The van der Waals surface area contributed by atoms with Crippen LogP contribution in [-0.4, -0.2) is 18.4 Å². The topological polar surface area (TPSA) is 67.4 Å². The molecular weight excluding hydrogens is 431 g/mol. The Morgan fingerprint density at radius 2 is 1.88 bits per heavy atom. The van der Waals surface area contributed by atoms with Gasteiger partial charge >= 0.3 is 0 Å². The Bertz CT molecular complexity index is 771. The molecule has 0 saturated heterocycles. The summed E-state index contributed by atoms with van der Waals surface area (Å²) in [5.74, 6) is -0.144. The van der Waals surface area contributed by atoms with Gasteiger partial charge in [-0.25, -0.2) is 0 Å². The van der Waals surface area contributed by atoms with Gasteiger partial charge in [-0.3, -0.25) is 20.4 Å². The molecule has 2 N–H and O–H groups in total. The molecule has 2 amide bonds. The molecule has 0 saturated carbocycles. The van der Waals surface area contributed by atoms with Crippen molar-refractivity contribution >= 4 is 50.9 Å². The summed E-state index contributed by atoms with van der Waals surface area (Å²) < 4.78 is 6.45. The number of hydrazine groups is 1.